The molecule has 0 aliphatic heterocycles. The van der Waals surface area contributed by atoms with E-state index in [1.165, 1.54) is 0 Å². The standard InChI is InChI=1S/C11H15NO2/c1-9(7-11(13)14)8-12-10-5-3-2-4-6-10/h2-6,9,12H,7-8H2,1H3,(H,13,14). The van der Waals surface area contributed by atoms with Crippen molar-refractivity contribution in [2.24, 2.45) is 5.92 Å². The van der Waals surface area contributed by atoms with Crippen molar-refractivity contribution in [3.63, 3.8) is 0 Å². The molecule has 1 unspecified atom stereocenters. The second kappa shape index (κ2) is 5.27. The second-order valence-electron chi connectivity index (χ2n) is 3.45. The van der Waals surface area contributed by atoms with E-state index in [1.807, 2.05) is 37.3 Å². The predicted molar refractivity (Wildman–Crippen MR) is 56.3 cm³/mol. The predicted octanol–water partition coefficient (Wildman–Crippen LogP) is 2.21. The first-order chi connectivity index (χ1) is 6.68. The molecule has 3 nitrogen and oxygen atoms in total. The maximum Gasteiger partial charge on any atom is 0.303 e. The van der Waals surface area contributed by atoms with Crippen LogP contribution in [0.2, 0.25) is 0 Å². The van der Waals surface area contributed by atoms with Crippen LogP contribution < -0.4 is 5.32 Å². The molecule has 0 fully saturated rings. The molecule has 3 heteroatoms. The third-order valence-electron chi connectivity index (χ3n) is 1.95. The zero-order valence-corrected chi connectivity index (χ0v) is 8.23. The van der Waals surface area contributed by atoms with Crippen molar-refractivity contribution in [3.8, 4) is 0 Å². The number of nitrogens with one attached hydrogen (secondary N) is 1. The number of benzene rings is 1. The van der Waals surface area contributed by atoms with Crippen molar-refractivity contribution in [1.82, 2.24) is 0 Å². The average molecular weight is 193 g/mol. The van der Waals surface area contributed by atoms with Gasteiger partial charge >= 0.3 is 5.97 Å². The normalized spacial score (nSPS) is 12.1. The van der Waals surface area contributed by atoms with Gasteiger partial charge in [0.05, 0.1) is 0 Å². The van der Waals surface area contributed by atoms with Gasteiger partial charge in [0.15, 0.2) is 0 Å². The van der Waals surface area contributed by atoms with Gasteiger partial charge in [-0.3, -0.25) is 4.79 Å². The number of carbonyl (C=O) groups is 1. The molecule has 1 aromatic carbocycles. The van der Waals surface area contributed by atoms with E-state index in [4.69, 9.17) is 5.11 Å². The zero-order valence-electron chi connectivity index (χ0n) is 8.23. The van der Waals surface area contributed by atoms with E-state index in [9.17, 15) is 4.79 Å². The Morgan fingerprint density at radius 1 is 1.43 bits per heavy atom. The fourth-order valence-corrected chi connectivity index (χ4v) is 1.22. The summed E-state index contributed by atoms with van der Waals surface area (Å²) in [4.78, 5) is 10.4. The monoisotopic (exact) mass is 193 g/mol. The Morgan fingerprint density at radius 2 is 2.07 bits per heavy atom. The van der Waals surface area contributed by atoms with Crippen LogP contribution in [0.4, 0.5) is 5.69 Å². The largest absolute Gasteiger partial charge is 0.481 e. The second-order valence-corrected chi connectivity index (χ2v) is 3.45. The van der Waals surface area contributed by atoms with Gasteiger partial charge in [0, 0.05) is 18.7 Å². The van der Waals surface area contributed by atoms with Crippen LogP contribution in [0.5, 0.6) is 0 Å². The highest BCUT2D eigenvalue weighted by Gasteiger charge is 2.06. The molecule has 0 aromatic heterocycles. The number of aliphatic carboxylic acids is 1. The number of carboxylic acid groups (broad SMARTS) is 1. The smallest absolute Gasteiger partial charge is 0.303 e. The summed E-state index contributed by atoms with van der Waals surface area (Å²) in [7, 11) is 0. The molecule has 2 N–H and O–H groups in total. The third-order valence-corrected chi connectivity index (χ3v) is 1.95. The lowest BCUT2D eigenvalue weighted by atomic mass is 10.1. The van der Waals surface area contributed by atoms with E-state index in [0.29, 0.717) is 6.54 Å². The Morgan fingerprint density at radius 3 is 2.64 bits per heavy atom. The number of hydrogen-bond donors (Lipinski definition) is 2. The maximum atomic E-state index is 10.4. The van der Waals surface area contributed by atoms with Crippen molar-refractivity contribution in [2.45, 2.75) is 13.3 Å². The summed E-state index contributed by atoms with van der Waals surface area (Å²) in [6.45, 7) is 2.61. The Balaban J connectivity index is 2.30. The average Bonchev–Trinajstić information content (AvgIpc) is 2.15. The highest BCUT2D eigenvalue weighted by molar-refractivity contribution is 5.67. The molecule has 0 amide bonds. The van der Waals surface area contributed by atoms with Crippen LogP contribution >= 0.6 is 0 Å². The van der Waals surface area contributed by atoms with E-state index in [2.05, 4.69) is 5.32 Å². The fraction of sp³-hybridized carbons (Fsp3) is 0.364. The Kier molecular flexibility index (Phi) is 3.98. The van der Waals surface area contributed by atoms with E-state index in [-0.39, 0.29) is 12.3 Å². The van der Waals surface area contributed by atoms with E-state index in [0.717, 1.165) is 5.69 Å². The van der Waals surface area contributed by atoms with Crippen molar-refractivity contribution >= 4 is 11.7 Å². The quantitative estimate of drug-likeness (QED) is 0.753. The number of para-hydroxylation sites is 1. The summed E-state index contributed by atoms with van der Waals surface area (Å²) in [5.74, 6) is -0.597. The molecule has 0 heterocycles. The lowest BCUT2D eigenvalue weighted by Gasteiger charge is -2.10. The molecule has 0 aliphatic rings. The van der Waals surface area contributed by atoms with Crippen molar-refractivity contribution in [3.05, 3.63) is 30.3 Å². The van der Waals surface area contributed by atoms with Gasteiger partial charge in [0.2, 0.25) is 0 Å². The van der Waals surface area contributed by atoms with Crippen molar-refractivity contribution in [2.75, 3.05) is 11.9 Å². The van der Waals surface area contributed by atoms with Crippen LogP contribution in [0, 0.1) is 5.92 Å². The highest BCUT2D eigenvalue weighted by Crippen LogP contribution is 2.08. The van der Waals surface area contributed by atoms with E-state index in [1.54, 1.807) is 0 Å². The van der Waals surface area contributed by atoms with E-state index < -0.39 is 5.97 Å². The molecule has 0 saturated heterocycles. The van der Waals surface area contributed by atoms with Crippen LogP contribution in [0.25, 0.3) is 0 Å². The summed E-state index contributed by atoms with van der Waals surface area (Å²) in [5, 5.41) is 11.7. The van der Waals surface area contributed by atoms with Crippen LogP contribution in [0.1, 0.15) is 13.3 Å². The Labute approximate surface area is 83.8 Å². The molecular formula is C11H15NO2. The van der Waals surface area contributed by atoms with E-state index >= 15 is 0 Å². The minimum atomic E-state index is -0.743. The molecule has 1 rings (SSSR count). The van der Waals surface area contributed by atoms with Gasteiger partial charge in [0.25, 0.3) is 0 Å². The number of rotatable bonds is 5. The summed E-state index contributed by atoms with van der Waals surface area (Å²) < 4.78 is 0. The highest BCUT2D eigenvalue weighted by atomic mass is 16.4. The third kappa shape index (κ3) is 3.94. The summed E-state index contributed by atoms with van der Waals surface area (Å²) in [5.41, 5.74) is 1.03. The lowest BCUT2D eigenvalue weighted by Crippen LogP contribution is -2.14. The number of hydrogen-bond acceptors (Lipinski definition) is 2. The first-order valence-corrected chi connectivity index (χ1v) is 4.69. The topological polar surface area (TPSA) is 49.3 Å². The van der Waals surface area contributed by atoms with Gasteiger partial charge in [-0.2, -0.15) is 0 Å². The van der Waals surface area contributed by atoms with Crippen molar-refractivity contribution in [1.29, 1.82) is 0 Å². The van der Waals surface area contributed by atoms with Gasteiger partial charge in [-0.1, -0.05) is 25.1 Å². The zero-order chi connectivity index (χ0) is 10.4. The Hall–Kier alpha value is -1.51. The summed E-state index contributed by atoms with van der Waals surface area (Å²) in [6, 6.07) is 9.78. The molecule has 14 heavy (non-hydrogen) atoms. The van der Waals surface area contributed by atoms with Crippen LogP contribution in [-0.4, -0.2) is 17.6 Å². The maximum absolute atomic E-state index is 10.4. The molecule has 1 atom stereocenters. The first-order valence-electron chi connectivity index (χ1n) is 4.69. The van der Waals surface area contributed by atoms with Gasteiger partial charge in [-0.25, -0.2) is 0 Å². The van der Waals surface area contributed by atoms with Crippen LogP contribution in [-0.2, 0) is 4.79 Å². The molecule has 0 bridgehead atoms. The molecular weight excluding hydrogens is 178 g/mol. The van der Waals surface area contributed by atoms with Crippen LogP contribution in [0.15, 0.2) is 30.3 Å². The summed E-state index contributed by atoms with van der Waals surface area (Å²) >= 11 is 0. The molecule has 76 valence electrons. The van der Waals surface area contributed by atoms with Gasteiger partial charge in [-0.15, -0.1) is 0 Å². The number of anilines is 1. The molecule has 0 aliphatic carbocycles. The summed E-state index contributed by atoms with van der Waals surface area (Å²) in [6.07, 6.45) is 0.208. The van der Waals surface area contributed by atoms with Crippen LogP contribution in [0.3, 0.4) is 0 Å². The lowest BCUT2D eigenvalue weighted by molar-refractivity contribution is -0.137. The van der Waals surface area contributed by atoms with Gasteiger partial charge < -0.3 is 10.4 Å². The van der Waals surface area contributed by atoms with Gasteiger partial charge in [0.1, 0.15) is 0 Å². The number of carboxylic acids is 1. The molecule has 0 saturated carbocycles. The Bertz CT molecular complexity index is 285. The minimum absolute atomic E-state index is 0.146. The first kappa shape index (κ1) is 10.6. The molecule has 0 radical (unpaired) electrons. The molecule has 0 spiro atoms. The van der Waals surface area contributed by atoms with Gasteiger partial charge in [-0.05, 0) is 18.1 Å². The SMILES string of the molecule is CC(CNc1ccccc1)CC(=O)O. The fourth-order valence-electron chi connectivity index (χ4n) is 1.22. The molecule has 1 aromatic rings. The van der Waals surface area contributed by atoms with Crippen molar-refractivity contribution < 1.29 is 9.90 Å². The minimum Gasteiger partial charge on any atom is -0.481 e.